The summed E-state index contributed by atoms with van der Waals surface area (Å²) in [5.41, 5.74) is 1.02. The van der Waals surface area contributed by atoms with Gasteiger partial charge in [-0.05, 0) is 63.6 Å². The third-order valence-electron chi connectivity index (χ3n) is 6.46. The second kappa shape index (κ2) is 11.2. The van der Waals surface area contributed by atoms with Crippen LogP contribution in [-0.2, 0) is 16.4 Å². The molecule has 3 rings (SSSR count). The van der Waals surface area contributed by atoms with E-state index in [1.165, 1.54) is 29.1 Å². The predicted molar refractivity (Wildman–Crippen MR) is 135 cm³/mol. The largest absolute Gasteiger partial charge is 0.408 e. The van der Waals surface area contributed by atoms with Crippen LogP contribution in [0.5, 0.6) is 0 Å². The number of anilines is 1. The second-order valence-electron chi connectivity index (χ2n) is 9.11. The molecule has 1 aliphatic carbocycles. The number of sulfone groups is 1. The second-order valence-corrected chi connectivity index (χ2v) is 12.2. The fraction of sp³-hybridized carbons (Fsp3) is 0.565. The third-order valence-corrected chi connectivity index (χ3v) is 8.81. The minimum atomic E-state index is -4.41. The molecular formula is C23H29Cl2F3N4O3S. The molecule has 1 aliphatic rings. The van der Waals surface area contributed by atoms with E-state index < -0.39 is 28.0 Å². The van der Waals surface area contributed by atoms with E-state index in [0.717, 1.165) is 6.92 Å². The Balaban J connectivity index is 1.74. The van der Waals surface area contributed by atoms with Crippen molar-refractivity contribution in [3.8, 4) is 11.3 Å². The summed E-state index contributed by atoms with van der Waals surface area (Å²) in [6, 6.07) is 2.60. The van der Waals surface area contributed by atoms with Crippen LogP contribution in [0.25, 0.3) is 11.3 Å². The molecule has 1 heterocycles. The van der Waals surface area contributed by atoms with Gasteiger partial charge in [0.2, 0.25) is 0 Å². The van der Waals surface area contributed by atoms with Gasteiger partial charge >= 0.3 is 6.18 Å². The van der Waals surface area contributed by atoms with Crippen LogP contribution in [0, 0.1) is 5.92 Å². The first kappa shape index (κ1) is 28.6. The van der Waals surface area contributed by atoms with E-state index in [2.05, 4.69) is 15.7 Å². The maximum absolute atomic E-state index is 12.9. The Morgan fingerprint density at radius 3 is 2.39 bits per heavy atom. The van der Waals surface area contributed by atoms with Crippen molar-refractivity contribution in [3.05, 3.63) is 33.9 Å². The number of nitrogens with one attached hydrogen (secondary N) is 2. The third kappa shape index (κ3) is 6.66. The number of hydrogen-bond donors (Lipinski definition) is 2. The lowest BCUT2D eigenvalue weighted by Crippen LogP contribution is -2.34. The molecule has 36 heavy (non-hydrogen) atoms. The van der Waals surface area contributed by atoms with Crippen molar-refractivity contribution < 1.29 is 26.4 Å². The molecule has 1 amide bonds. The van der Waals surface area contributed by atoms with Gasteiger partial charge in [0.1, 0.15) is 15.9 Å². The van der Waals surface area contributed by atoms with E-state index in [1.54, 1.807) is 0 Å². The Bertz CT molecular complexity index is 1210. The van der Waals surface area contributed by atoms with E-state index in [0.29, 0.717) is 50.0 Å². The average Bonchev–Trinajstić information content (AvgIpc) is 3.13. The molecule has 200 valence electrons. The Labute approximate surface area is 218 Å². The number of alkyl halides is 3. The Hall–Kier alpha value is -1.98. The highest BCUT2D eigenvalue weighted by atomic mass is 35.5. The van der Waals surface area contributed by atoms with Gasteiger partial charge in [-0.15, -0.1) is 0 Å². The van der Waals surface area contributed by atoms with Crippen LogP contribution in [0.3, 0.4) is 0 Å². The number of carbonyl (C=O) groups is 1. The smallest absolute Gasteiger partial charge is 0.374 e. The first-order valence-corrected chi connectivity index (χ1v) is 14.3. The molecule has 0 radical (unpaired) electrons. The van der Waals surface area contributed by atoms with Crippen molar-refractivity contribution >= 4 is 44.6 Å². The minimum Gasteiger partial charge on any atom is -0.374 e. The van der Waals surface area contributed by atoms with E-state index in [9.17, 15) is 26.4 Å². The molecule has 1 unspecified atom stereocenters. The van der Waals surface area contributed by atoms with Crippen molar-refractivity contribution in [2.75, 3.05) is 18.1 Å². The van der Waals surface area contributed by atoms with E-state index >= 15 is 0 Å². The van der Waals surface area contributed by atoms with Gasteiger partial charge in [0, 0.05) is 30.6 Å². The Morgan fingerprint density at radius 2 is 1.86 bits per heavy atom. The highest BCUT2D eigenvalue weighted by Crippen LogP contribution is 2.37. The monoisotopic (exact) mass is 568 g/mol. The number of rotatable bonds is 8. The van der Waals surface area contributed by atoms with Crippen LogP contribution in [0.15, 0.2) is 18.2 Å². The van der Waals surface area contributed by atoms with Gasteiger partial charge in [0.05, 0.1) is 21.0 Å². The molecule has 1 aromatic heterocycles. The highest BCUT2D eigenvalue weighted by Gasteiger charge is 2.36. The molecule has 2 aromatic rings. The van der Waals surface area contributed by atoms with Gasteiger partial charge in [-0.3, -0.25) is 9.48 Å². The summed E-state index contributed by atoms with van der Waals surface area (Å²) in [5.74, 6) is -0.306. The van der Waals surface area contributed by atoms with Crippen LogP contribution < -0.4 is 10.6 Å². The summed E-state index contributed by atoms with van der Waals surface area (Å²) >= 11 is 12.9. The van der Waals surface area contributed by atoms with Crippen molar-refractivity contribution in [1.29, 1.82) is 0 Å². The zero-order valence-corrected chi connectivity index (χ0v) is 22.5. The molecule has 0 saturated heterocycles. The first-order chi connectivity index (χ1) is 16.7. The molecule has 1 fully saturated rings. The molecule has 1 aromatic carbocycles. The standard InChI is InChI=1S/C23H29Cl2F3N4O3S/c1-4-32-21(17-10-7-15(11-18(17)24)30-13(2)23(26,27)28)19(25)20(31-32)22(33)29-12-14-5-8-16(9-6-14)36(3,34)35/h7,10-11,13-14,16,30H,4-6,8-9,12H2,1-3H3,(H,29,33)/t13?,14-,16-. The fourth-order valence-corrected chi connectivity index (χ4v) is 6.01. The first-order valence-electron chi connectivity index (χ1n) is 11.6. The number of benzene rings is 1. The van der Waals surface area contributed by atoms with Crippen LogP contribution in [-0.4, -0.2) is 54.4 Å². The number of halogens is 5. The molecule has 0 bridgehead atoms. The molecule has 0 spiro atoms. The summed E-state index contributed by atoms with van der Waals surface area (Å²) in [6.07, 6.45) is -0.625. The number of amides is 1. The average molecular weight is 569 g/mol. The zero-order valence-electron chi connectivity index (χ0n) is 20.1. The lowest BCUT2D eigenvalue weighted by atomic mass is 9.89. The Kier molecular flexibility index (Phi) is 8.88. The van der Waals surface area contributed by atoms with E-state index in [-0.39, 0.29) is 32.6 Å². The number of aryl methyl sites for hydroxylation is 1. The summed E-state index contributed by atoms with van der Waals surface area (Å²) in [6.45, 7) is 3.56. The van der Waals surface area contributed by atoms with E-state index in [1.807, 2.05) is 6.92 Å². The number of nitrogens with zero attached hydrogens (tertiary/aromatic N) is 2. The topological polar surface area (TPSA) is 93.1 Å². The SMILES string of the molecule is CCn1nc(C(=O)NC[C@H]2CC[C@H](S(C)(=O)=O)CC2)c(Cl)c1-c1ccc(NC(C)C(F)(F)F)cc1Cl. The van der Waals surface area contributed by atoms with Crippen LogP contribution >= 0.6 is 23.2 Å². The zero-order chi connectivity index (χ0) is 26.8. The minimum absolute atomic E-state index is 0.0160. The molecule has 1 atom stereocenters. The Morgan fingerprint density at radius 1 is 1.22 bits per heavy atom. The number of hydrogen-bond acceptors (Lipinski definition) is 5. The summed E-state index contributed by atoms with van der Waals surface area (Å²) < 4.78 is 63.6. The summed E-state index contributed by atoms with van der Waals surface area (Å²) in [5, 5.41) is 9.44. The van der Waals surface area contributed by atoms with Gasteiger partial charge in [0.25, 0.3) is 5.91 Å². The lowest BCUT2D eigenvalue weighted by molar-refractivity contribution is -0.138. The van der Waals surface area contributed by atoms with Gasteiger partial charge < -0.3 is 10.6 Å². The lowest BCUT2D eigenvalue weighted by Gasteiger charge is -2.27. The maximum atomic E-state index is 12.9. The predicted octanol–water partition coefficient (Wildman–Crippen LogP) is 5.57. The van der Waals surface area contributed by atoms with Gasteiger partial charge in [-0.2, -0.15) is 18.3 Å². The molecule has 13 heteroatoms. The van der Waals surface area contributed by atoms with Crippen molar-refractivity contribution in [1.82, 2.24) is 15.1 Å². The maximum Gasteiger partial charge on any atom is 0.408 e. The summed E-state index contributed by atoms with van der Waals surface area (Å²) in [7, 11) is -3.06. The van der Waals surface area contributed by atoms with Gasteiger partial charge in [-0.25, -0.2) is 8.42 Å². The van der Waals surface area contributed by atoms with E-state index in [4.69, 9.17) is 23.2 Å². The number of carbonyl (C=O) groups excluding carboxylic acids is 1. The van der Waals surface area contributed by atoms with Crippen LogP contribution in [0.4, 0.5) is 18.9 Å². The normalized spacial score (nSPS) is 19.7. The van der Waals surface area contributed by atoms with Gasteiger partial charge in [0.15, 0.2) is 5.69 Å². The molecule has 2 N–H and O–H groups in total. The molecule has 7 nitrogen and oxygen atoms in total. The molecule has 0 aliphatic heterocycles. The van der Waals surface area contributed by atoms with Crippen LogP contribution in [0.2, 0.25) is 10.0 Å². The van der Waals surface area contributed by atoms with Crippen LogP contribution in [0.1, 0.15) is 50.0 Å². The quantitative estimate of drug-likeness (QED) is 0.434. The fourth-order valence-electron chi connectivity index (χ4n) is 4.28. The van der Waals surface area contributed by atoms with Crippen molar-refractivity contribution in [3.63, 3.8) is 0 Å². The molecule has 1 saturated carbocycles. The summed E-state index contributed by atoms with van der Waals surface area (Å²) in [4.78, 5) is 12.9. The molecular weight excluding hydrogens is 540 g/mol. The van der Waals surface area contributed by atoms with Crippen molar-refractivity contribution in [2.24, 2.45) is 5.92 Å². The number of aromatic nitrogens is 2. The van der Waals surface area contributed by atoms with Gasteiger partial charge in [-0.1, -0.05) is 23.2 Å². The van der Waals surface area contributed by atoms with Crippen molar-refractivity contribution in [2.45, 2.75) is 63.5 Å². The highest BCUT2D eigenvalue weighted by molar-refractivity contribution is 7.91.